The normalized spacial score (nSPS) is 11.4. The van der Waals surface area contributed by atoms with Crippen molar-refractivity contribution in [1.82, 2.24) is 0 Å². The minimum absolute atomic E-state index is 0.0352. The Morgan fingerprint density at radius 3 is 2.29 bits per heavy atom. The highest BCUT2D eigenvalue weighted by atomic mass is 35.5. The largest absolute Gasteiger partial charge is 0.398 e. The van der Waals surface area contributed by atoms with Crippen LogP contribution >= 0.6 is 23.2 Å². The first-order valence-electron chi connectivity index (χ1n) is 5.80. The van der Waals surface area contributed by atoms with E-state index in [1.165, 1.54) is 24.3 Å². The van der Waals surface area contributed by atoms with E-state index in [1.54, 1.807) is 12.1 Å². The van der Waals surface area contributed by atoms with Crippen molar-refractivity contribution >= 4 is 44.6 Å². The summed E-state index contributed by atoms with van der Waals surface area (Å²) < 4.78 is 27.1. The Morgan fingerprint density at radius 1 is 1.14 bits per heavy atom. The third-order valence-electron chi connectivity index (χ3n) is 2.69. The lowest BCUT2D eigenvalue weighted by molar-refractivity contribution is 0.282. The molecule has 0 amide bonds. The Morgan fingerprint density at radius 2 is 1.76 bits per heavy atom. The number of aliphatic hydroxyl groups is 1. The molecular formula is C13H12Cl2N2O3S. The number of nitrogen functional groups attached to an aromatic ring is 1. The highest BCUT2D eigenvalue weighted by Crippen LogP contribution is 2.32. The van der Waals surface area contributed by atoms with Gasteiger partial charge in [0.1, 0.15) is 4.90 Å². The van der Waals surface area contributed by atoms with Crippen LogP contribution in [0.4, 0.5) is 11.4 Å². The predicted octanol–water partition coefficient (Wildman–Crippen LogP) is 2.87. The van der Waals surface area contributed by atoms with Crippen molar-refractivity contribution in [2.24, 2.45) is 0 Å². The Bertz CT molecular complexity index is 738. The second-order valence-electron chi connectivity index (χ2n) is 4.27. The molecule has 112 valence electrons. The van der Waals surface area contributed by atoms with E-state index in [2.05, 4.69) is 4.72 Å². The van der Waals surface area contributed by atoms with Crippen LogP contribution < -0.4 is 10.5 Å². The van der Waals surface area contributed by atoms with E-state index in [0.717, 1.165) is 0 Å². The first-order valence-corrected chi connectivity index (χ1v) is 8.04. The second kappa shape index (κ2) is 6.11. The Balaban J connectivity index is 2.38. The van der Waals surface area contributed by atoms with E-state index >= 15 is 0 Å². The van der Waals surface area contributed by atoms with Crippen molar-refractivity contribution in [3.05, 3.63) is 52.0 Å². The zero-order chi connectivity index (χ0) is 15.6. The van der Waals surface area contributed by atoms with Crippen LogP contribution in [0.2, 0.25) is 10.0 Å². The van der Waals surface area contributed by atoms with E-state index in [0.29, 0.717) is 11.3 Å². The van der Waals surface area contributed by atoms with Crippen molar-refractivity contribution in [2.45, 2.75) is 11.5 Å². The Hall–Kier alpha value is -1.47. The number of benzene rings is 2. The first kappa shape index (κ1) is 15.9. The predicted molar refractivity (Wildman–Crippen MR) is 84.0 cm³/mol. The Labute approximate surface area is 132 Å². The highest BCUT2D eigenvalue weighted by Gasteiger charge is 2.22. The molecule has 0 radical (unpaired) electrons. The maximum absolute atomic E-state index is 12.3. The molecular weight excluding hydrogens is 335 g/mol. The van der Waals surface area contributed by atoms with Crippen molar-refractivity contribution in [3.63, 3.8) is 0 Å². The summed E-state index contributed by atoms with van der Waals surface area (Å²) in [5.41, 5.74) is 6.65. The summed E-state index contributed by atoms with van der Waals surface area (Å²) >= 11 is 11.7. The van der Waals surface area contributed by atoms with Crippen molar-refractivity contribution in [2.75, 3.05) is 10.5 Å². The van der Waals surface area contributed by atoms with Crippen LogP contribution in [0.15, 0.2) is 41.3 Å². The molecule has 8 heteroatoms. The van der Waals surface area contributed by atoms with Crippen LogP contribution in [-0.2, 0) is 16.6 Å². The molecule has 0 heterocycles. The van der Waals surface area contributed by atoms with Gasteiger partial charge in [0.15, 0.2) is 0 Å². The SMILES string of the molecule is Nc1cc(Cl)cc(Cl)c1S(=O)(=O)Nc1ccc(CO)cc1. The molecule has 0 saturated heterocycles. The fraction of sp³-hybridized carbons (Fsp3) is 0.0769. The number of sulfonamides is 1. The van der Waals surface area contributed by atoms with Crippen LogP contribution in [0.5, 0.6) is 0 Å². The van der Waals surface area contributed by atoms with Gasteiger partial charge in [-0.1, -0.05) is 35.3 Å². The van der Waals surface area contributed by atoms with Crippen LogP contribution in [0.25, 0.3) is 0 Å². The fourth-order valence-corrected chi connectivity index (χ4v) is 3.80. The zero-order valence-electron chi connectivity index (χ0n) is 10.7. The lowest BCUT2D eigenvalue weighted by atomic mass is 10.2. The molecule has 0 fully saturated rings. The number of hydrogen-bond donors (Lipinski definition) is 3. The lowest BCUT2D eigenvalue weighted by Crippen LogP contribution is -2.15. The number of aliphatic hydroxyl groups excluding tert-OH is 1. The van der Waals surface area contributed by atoms with Crippen LogP contribution in [0, 0.1) is 0 Å². The summed E-state index contributed by atoms with van der Waals surface area (Å²) in [5.74, 6) is 0. The minimum Gasteiger partial charge on any atom is -0.398 e. The molecule has 5 nitrogen and oxygen atoms in total. The average Bonchev–Trinajstić information content (AvgIpc) is 2.37. The molecule has 0 aliphatic heterocycles. The maximum atomic E-state index is 12.3. The molecule has 0 spiro atoms. The number of rotatable bonds is 4. The van der Waals surface area contributed by atoms with E-state index in [1.807, 2.05) is 0 Å². The smallest absolute Gasteiger partial charge is 0.265 e. The van der Waals surface area contributed by atoms with Gasteiger partial charge in [-0.2, -0.15) is 0 Å². The molecule has 0 saturated carbocycles. The van der Waals surface area contributed by atoms with Crippen LogP contribution in [0.1, 0.15) is 5.56 Å². The number of nitrogens with one attached hydrogen (secondary N) is 1. The van der Waals surface area contributed by atoms with E-state index in [9.17, 15) is 8.42 Å². The van der Waals surface area contributed by atoms with Gasteiger partial charge in [-0.15, -0.1) is 0 Å². The topological polar surface area (TPSA) is 92.4 Å². The fourth-order valence-electron chi connectivity index (χ4n) is 1.75. The van der Waals surface area contributed by atoms with Gasteiger partial charge in [0.2, 0.25) is 0 Å². The van der Waals surface area contributed by atoms with Gasteiger partial charge in [-0.05, 0) is 29.8 Å². The number of anilines is 2. The minimum atomic E-state index is -3.94. The van der Waals surface area contributed by atoms with E-state index < -0.39 is 10.0 Å². The van der Waals surface area contributed by atoms with Crippen molar-refractivity contribution in [1.29, 1.82) is 0 Å². The average molecular weight is 347 g/mol. The van der Waals surface area contributed by atoms with E-state index in [-0.39, 0.29) is 27.2 Å². The summed E-state index contributed by atoms with van der Waals surface area (Å²) in [7, 11) is -3.94. The van der Waals surface area contributed by atoms with E-state index in [4.69, 9.17) is 34.0 Å². The quantitative estimate of drug-likeness (QED) is 0.742. The molecule has 0 bridgehead atoms. The monoisotopic (exact) mass is 346 g/mol. The summed E-state index contributed by atoms with van der Waals surface area (Å²) in [6, 6.07) is 8.89. The molecule has 2 aromatic rings. The van der Waals surface area contributed by atoms with Gasteiger partial charge < -0.3 is 10.8 Å². The van der Waals surface area contributed by atoms with Gasteiger partial charge in [0.05, 0.1) is 17.3 Å². The third-order valence-corrected chi connectivity index (χ3v) is 4.82. The lowest BCUT2D eigenvalue weighted by Gasteiger charge is -2.12. The molecule has 0 aromatic heterocycles. The summed E-state index contributed by atoms with van der Waals surface area (Å²) in [5, 5.41) is 9.15. The molecule has 2 rings (SSSR count). The van der Waals surface area contributed by atoms with Crippen molar-refractivity contribution < 1.29 is 13.5 Å². The number of nitrogens with two attached hydrogens (primary N) is 1. The van der Waals surface area contributed by atoms with Gasteiger partial charge in [0.25, 0.3) is 10.0 Å². The molecule has 2 aromatic carbocycles. The summed E-state index contributed by atoms with van der Waals surface area (Å²) in [4.78, 5) is -0.222. The van der Waals surface area contributed by atoms with Crippen LogP contribution in [0.3, 0.4) is 0 Å². The maximum Gasteiger partial charge on any atom is 0.265 e. The molecule has 0 aliphatic carbocycles. The third kappa shape index (κ3) is 3.59. The number of hydrogen-bond acceptors (Lipinski definition) is 4. The molecule has 0 atom stereocenters. The van der Waals surface area contributed by atoms with Gasteiger partial charge in [-0.25, -0.2) is 8.42 Å². The Kier molecular flexibility index (Phi) is 4.63. The second-order valence-corrected chi connectivity index (χ2v) is 6.73. The standard InChI is InChI=1S/C13H12Cl2N2O3S/c14-9-5-11(15)13(12(16)6-9)21(19,20)17-10-3-1-8(7-18)2-4-10/h1-6,17-18H,7,16H2. The zero-order valence-corrected chi connectivity index (χ0v) is 13.0. The first-order chi connectivity index (χ1) is 9.83. The van der Waals surface area contributed by atoms with Gasteiger partial charge in [0, 0.05) is 10.7 Å². The molecule has 0 aliphatic rings. The van der Waals surface area contributed by atoms with Gasteiger partial charge >= 0.3 is 0 Å². The molecule has 0 unspecified atom stereocenters. The summed E-state index contributed by atoms with van der Waals surface area (Å²) in [6.07, 6.45) is 0. The van der Waals surface area contributed by atoms with Crippen molar-refractivity contribution in [3.8, 4) is 0 Å². The van der Waals surface area contributed by atoms with Crippen LogP contribution in [-0.4, -0.2) is 13.5 Å². The highest BCUT2D eigenvalue weighted by molar-refractivity contribution is 7.93. The molecule has 4 N–H and O–H groups in total. The summed E-state index contributed by atoms with van der Waals surface area (Å²) in [6.45, 7) is -0.122. The molecule has 21 heavy (non-hydrogen) atoms. The van der Waals surface area contributed by atoms with Gasteiger partial charge in [-0.3, -0.25) is 4.72 Å². The number of halogens is 2.